The maximum absolute atomic E-state index is 12.6. The predicted molar refractivity (Wildman–Crippen MR) is 198 cm³/mol. The summed E-state index contributed by atoms with van der Waals surface area (Å²) in [5.41, 5.74) is 18.2. The number of carbonyl (C=O) groups is 2. The van der Waals surface area contributed by atoms with Crippen LogP contribution >= 0.6 is 0 Å². The zero-order chi connectivity index (χ0) is 34.2. The summed E-state index contributed by atoms with van der Waals surface area (Å²) in [7, 11) is 0. The van der Waals surface area contributed by atoms with Crippen molar-refractivity contribution >= 4 is 12.1 Å². The van der Waals surface area contributed by atoms with Crippen molar-refractivity contribution in [3.8, 4) is 0 Å². The molecular formula is C42H60N6O2. The largest absolute Gasteiger partial charge is 0.351 e. The second-order valence-corrected chi connectivity index (χ2v) is 16.6. The number of benzene rings is 2. The molecule has 4 amide bonds. The van der Waals surface area contributed by atoms with Crippen molar-refractivity contribution in [1.82, 2.24) is 19.6 Å². The van der Waals surface area contributed by atoms with E-state index in [2.05, 4.69) is 58.3 Å². The van der Waals surface area contributed by atoms with E-state index >= 15 is 0 Å². The molecule has 2 saturated heterocycles. The number of hydrogen-bond donors (Lipinski definition) is 2. The molecule has 4 fully saturated rings. The maximum Gasteiger partial charge on any atom is 0.315 e. The van der Waals surface area contributed by atoms with Crippen LogP contribution in [0.15, 0.2) is 48.5 Å². The van der Waals surface area contributed by atoms with E-state index in [0.717, 1.165) is 50.4 Å². The highest BCUT2D eigenvalue weighted by molar-refractivity contribution is 5.73. The number of carbonyl (C=O) groups excluding carboxylic acids is 2. The molecule has 4 atom stereocenters. The molecule has 4 heterocycles. The monoisotopic (exact) mass is 680 g/mol. The summed E-state index contributed by atoms with van der Waals surface area (Å²) in [5.74, 6) is 1.46. The maximum atomic E-state index is 12.6. The van der Waals surface area contributed by atoms with Crippen molar-refractivity contribution in [3.05, 3.63) is 70.8 Å². The number of primary amides is 2. The van der Waals surface area contributed by atoms with E-state index < -0.39 is 0 Å². The van der Waals surface area contributed by atoms with Crippen molar-refractivity contribution in [2.24, 2.45) is 23.3 Å². The summed E-state index contributed by atoms with van der Waals surface area (Å²) < 4.78 is 0. The van der Waals surface area contributed by atoms with Gasteiger partial charge in [-0.15, -0.1) is 0 Å². The Bertz CT molecular complexity index is 1330. The minimum absolute atomic E-state index is 0.239. The molecule has 0 spiro atoms. The molecule has 4 bridgehead atoms. The molecule has 6 aliphatic rings. The highest BCUT2D eigenvalue weighted by Crippen LogP contribution is 2.54. The number of hydrogen-bond acceptors (Lipinski definition) is 4. The number of urea groups is 2. The summed E-state index contributed by atoms with van der Waals surface area (Å²) in [6.45, 7) is 3.71. The fourth-order valence-electron chi connectivity index (χ4n) is 11.6. The van der Waals surface area contributed by atoms with Gasteiger partial charge in [0.25, 0.3) is 0 Å². The molecule has 2 aliphatic carbocycles. The van der Waals surface area contributed by atoms with Gasteiger partial charge in [-0.25, -0.2) is 9.59 Å². The first-order valence-electron chi connectivity index (χ1n) is 20.3. The Balaban J connectivity index is 0.737. The van der Waals surface area contributed by atoms with E-state index in [9.17, 15) is 9.59 Å². The summed E-state index contributed by atoms with van der Waals surface area (Å²) in [6.07, 6.45) is 18.3. The molecule has 8 nitrogen and oxygen atoms in total. The molecule has 0 aromatic heterocycles. The number of unbranched alkanes of at least 4 members (excludes halogenated alkanes) is 1. The van der Waals surface area contributed by atoms with Crippen LogP contribution in [0.3, 0.4) is 0 Å². The molecule has 8 rings (SSSR count). The molecule has 4 N–H and O–H groups in total. The minimum Gasteiger partial charge on any atom is -0.351 e. The fraction of sp³-hybridized carbons (Fsp3) is 0.667. The first-order chi connectivity index (χ1) is 24.5. The van der Waals surface area contributed by atoms with Gasteiger partial charge in [0, 0.05) is 49.3 Å². The lowest BCUT2D eigenvalue weighted by molar-refractivity contribution is 0.128. The highest BCUT2D eigenvalue weighted by Gasteiger charge is 2.44. The van der Waals surface area contributed by atoms with Crippen molar-refractivity contribution in [2.45, 2.75) is 139 Å². The number of fused-ring (bicyclic) bond motifs is 10. The van der Waals surface area contributed by atoms with Crippen LogP contribution < -0.4 is 11.5 Å². The molecule has 2 aromatic carbocycles. The molecule has 2 aromatic rings. The van der Waals surface area contributed by atoms with Crippen LogP contribution in [0, 0.1) is 11.8 Å². The zero-order valence-corrected chi connectivity index (χ0v) is 30.1. The van der Waals surface area contributed by atoms with E-state index in [-0.39, 0.29) is 24.1 Å². The van der Waals surface area contributed by atoms with E-state index in [1.54, 1.807) is 22.3 Å². The molecule has 8 heteroatoms. The topological polar surface area (TPSA) is 99.1 Å². The smallest absolute Gasteiger partial charge is 0.315 e. The second kappa shape index (κ2) is 14.9. The zero-order valence-electron chi connectivity index (χ0n) is 30.1. The van der Waals surface area contributed by atoms with Crippen molar-refractivity contribution < 1.29 is 9.59 Å². The van der Waals surface area contributed by atoms with E-state index in [1.807, 2.05) is 9.80 Å². The van der Waals surface area contributed by atoms with Gasteiger partial charge in [0.15, 0.2) is 0 Å². The van der Waals surface area contributed by atoms with Crippen molar-refractivity contribution in [2.75, 3.05) is 26.2 Å². The summed E-state index contributed by atoms with van der Waals surface area (Å²) in [6, 6.07) is 20.5. The molecule has 2 saturated carbocycles. The number of rotatable bonds is 13. The Kier molecular flexibility index (Phi) is 10.1. The minimum atomic E-state index is -0.296. The van der Waals surface area contributed by atoms with Gasteiger partial charge in [-0.05, 0) is 150 Å². The van der Waals surface area contributed by atoms with E-state index in [0.29, 0.717) is 37.3 Å². The van der Waals surface area contributed by atoms with Gasteiger partial charge < -0.3 is 21.3 Å². The van der Waals surface area contributed by atoms with Gasteiger partial charge in [-0.3, -0.25) is 9.80 Å². The van der Waals surface area contributed by atoms with Gasteiger partial charge in [-0.2, -0.15) is 0 Å². The van der Waals surface area contributed by atoms with Crippen LogP contribution in [-0.4, -0.2) is 69.9 Å². The molecule has 50 heavy (non-hydrogen) atoms. The van der Waals surface area contributed by atoms with Crippen LogP contribution in [0.4, 0.5) is 9.59 Å². The van der Waals surface area contributed by atoms with Gasteiger partial charge in [0.05, 0.1) is 0 Å². The predicted octanol–water partition coefficient (Wildman–Crippen LogP) is 8.21. The summed E-state index contributed by atoms with van der Waals surface area (Å²) in [4.78, 5) is 34.5. The first-order valence-corrected chi connectivity index (χ1v) is 20.3. The van der Waals surface area contributed by atoms with Crippen molar-refractivity contribution in [1.29, 1.82) is 0 Å². The highest BCUT2D eigenvalue weighted by atomic mass is 16.2. The third-order valence-electron chi connectivity index (χ3n) is 14.2. The fourth-order valence-corrected chi connectivity index (χ4v) is 11.6. The second-order valence-electron chi connectivity index (χ2n) is 16.6. The van der Waals surface area contributed by atoms with Crippen LogP contribution in [-0.2, 0) is 0 Å². The lowest BCUT2D eigenvalue weighted by Crippen LogP contribution is -2.47. The third-order valence-corrected chi connectivity index (χ3v) is 14.2. The Morgan fingerprint density at radius 3 is 1.14 bits per heavy atom. The quantitative estimate of drug-likeness (QED) is 0.208. The molecule has 0 unspecified atom stereocenters. The number of nitrogens with two attached hydrogens (primary N) is 2. The first kappa shape index (κ1) is 34.0. The number of nitrogens with zero attached hydrogens (tertiary/aromatic N) is 4. The average molecular weight is 681 g/mol. The Labute approximate surface area is 299 Å². The normalized spacial score (nSPS) is 31.4. The molecule has 0 radical (unpaired) electrons. The number of amides is 4. The lowest BCUT2D eigenvalue weighted by Gasteiger charge is -2.38. The van der Waals surface area contributed by atoms with Crippen molar-refractivity contribution in [3.63, 3.8) is 0 Å². The Hall–Kier alpha value is -3.10. The van der Waals surface area contributed by atoms with Gasteiger partial charge in [0.2, 0.25) is 0 Å². The van der Waals surface area contributed by atoms with Crippen LogP contribution in [0.5, 0.6) is 0 Å². The molecule has 270 valence electrons. The SMILES string of the molecule is NC(=O)N(CCCCN(C(N)=O)C1CCC(CCN2[C@@H]3CC[C@H]2c2ccccc23)CC1)C1CCC(CCN2[C@@H]3CC[C@H]2c2ccccc23)CC1. The van der Waals surface area contributed by atoms with E-state index in [1.165, 1.54) is 77.3 Å². The van der Waals surface area contributed by atoms with Gasteiger partial charge in [-0.1, -0.05) is 48.5 Å². The Morgan fingerprint density at radius 2 is 0.840 bits per heavy atom. The Morgan fingerprint density at radius 1 is 0.520 bits per heavy atom. The molecular weight excluding hydrogens is 621 g/mol. The third kappa shape index (κ3) is 6.67. The average Bonchev–Trinajstić information content (AvgIpc) is 3.90. The summed E-state index contributed by atoms with van der Waals surface area (Å²) >= 11 is 0. The lowest BCUT2D eigenvalue weighted by atomic mass is 9.83. The van der Waals surface area contributed by atoms with Crippen LogP contribution in [0.2, 0.25) is 0 Å². The standard InChI is InChI=1S/C42H60N6O2/c43-41(49)45(31-15-11-29(12-16-31)23-27-47-37-19-20-38(47)34-8-2-1-7-33(34)37)25-5-6-26-46(42(44)50)32-17-13-30(14-18-32)24-28-48-39-21-22-40(48)36-10-4-3-9-35(36)39/h1-4,7-10,29-32,37-40H,5-6,11-28H2,(H2,43,49)(H2,44,50)/t29?,30?,31?,32?,37-,38+,39-,40+. The summed E-state index contributed by atoms with van der Waals surface area (Å²) in [5, 5.41) is 0. The van der Waals surface area contributed by atoms with Gasteiger partial charge in [0.1, 0.15) is 0 Å². The van der Waals surface area contributed by atoms with Crippen LogP contribution in [0.25, 0.3) is 0 Å². The van der Waals surface area contributed by atoms with Crippen LogP contribution in [0.1, 0.15) is 149 Å². The molecule has 4 aliphatic heterocycles. The van der Waals surface area contributed by atoms with E-state index in [4.69, 9.17) is 11.5 Å². The van der Waals surface area contributed by atoms with Gasteiger partial charge >= 0.3 is 12.1 Å².